The fourth-order valence-corrected chi connectivity index (χ4v) is 3.81. The van der Waals surface area contributed by atoms with Gasteiger partial charge in [0.25, 0.3) is 6.43 Å². The molecule has 1 saturated carbocycles. The molecule has 12 heteroatoms. The zero-order chi connectivity index (χ0) is 29.8. The molecule has 2 aromatic heterocycles. The second kappa shape index (κ2) is 15.5. The van der Waals surface area contributed by atoms with Crippen molar-refractivity contribution in [3.05, 3.63) is 59.2 Å². The van der Waals surface area contributed by atoms with E-state index in [4.69, 9.17) is 9.84 Å². The van der Waals surface area contributed by atoms with Crippen LogP contribution in [0.4, 0.5) is 14.6 Å². The van der Waals surface area contributed by atoms with Gasteiger partial charge in [0, 0.05) is 29.8 Å². The third-order valence-corrected chi connectivity index (χ3v) is 6.11. The molecule has 1 unspecified atom stereocenters. The van der Waals surface area contributed by atoms with Crippen LogP contribution in [0.1, 0.15) is 48.7 Å². The molecule has 9 nitrogen and oxygen atoms in total. The number of aliphatic hydroxyl groups is 1. The molecule has 41 heavy (non-hydrogen) atoms. The number of halogens is 2. The van der Waals surface area contributed by atoms with Crippen LogP contribution in [0.2, 0.25) is 0 Å². The Morgan fingerprint density at radius 2 is 2.00 bits per heavy atom. The topological polar surface area (TPSA) is 127 Å². The van der Waals surface area contributed by atoms with Crippen molar-refractivity contribution < 1.29 is 28.2 Å². The van der Waals surface area contributed by atoms with Gasteiger partial charge in [-0.15, -0.1) is 0 Å². The minimum atomic E-state index is -2.72. The van der Waals surface area contributed by atoms with Crippen molar-refractivity contribution in [1.29, 1.82) is 0 Å². The zero-order valence-electron chi connectivity index (χ0n) is 22.7. The van der Waals surface area contributed by atoms with Crippen molar-refractivity contribution in [2.24, 2.45) is 10.9 Å². The van der Waals surface area contributed by atoms with Gasteiger partial charge in [0.15, 0.2) is 11.4 Å². The molecular weight excluding hydrogens is 552 g/mol. The lowest BCUT2D eigenvalue weighted by molar-refractivity contribution is -0.109. The van der Waals surface area contributed by atoms with Crippen molar-refractivity contribution >= 4 is 35.8 Å². The molecule has 214 valence electrons. The number of benzene rings is 1. The minimum Gasteiger partial charge on any atom is -0.494 e. The number of nitrogens with zero attached hydrogens (tertiary/aromatic N) is 4. The third kappa shape index (κ3) is 9.73. The van der Waals surface area contributed by atoms with Crippen molar-refractivity contribution in [2.45, 2.75) is 44.2 Å². The first-order chi connectivity index (χ1) is 19.7. The molecule has 3 aromatic rings. The van der Waals surface area contributed by atoms with Gasteiger partial charge < -0.3 is 15.2 Å². The van der Waals surface area contributed by atoms with Gasteiger partial charge in [0.2, 0.25) is 6.41 Å². The van der Waals surface area contributed by atoms with Gasteiger partial charge in [0.1, 0.15) is 22.2 Å². The number of methoxy groups -OCH3 is 1. The number of pyridine rings is 1. The average molecular weight is 582 g/mol. The summed E-state index contributed by atoms with van der Waals surface area (Å²) < 4.78 is 32.0. The molecule has 4 rings (SSSR count). The number of rotatable bonds is 10. The second-order valence-electron chi connectivity index (χ2n) is 8.98. The number of alkyl halides is 2. The molecule has 1 aliphatic rings. The van der Waals surface area contributed by atoms with Crippen LogP contribution in [-0.2, 0) is 9.59 Å². The predicted octanol–water partition coefficient (Wildman–Crippen LogP) is 4.70. The van der Waals surface area contributed by atoms with E-state index in [1.807, 2.05) is 25.1 Å². The molecule has 1 aliphatic carbocycles. The lowest BCUT2D eigenvalue weighted by Gasteiger charge is -2.13. The quantitative estimate of drug-likeness (QED) is 0.153. The highest BCUT2D eigenvalue weighted by Gasteiger charge is 2.18. The summed E-state index contributed by atoms with van der Waals surface area (Å²) in [6.45, 7) is 3.85. The molecule has 0 bridgehead atoms. The highest BCUT2D eigenvalue weighted by Crippen LogP contribution is 2.35. The normalized spacial score (nSPS) is 13.0. The summed E-state index contributed by atoms with van der Waals surface area (Å²) in [6, 6.07) is 6.88. The van der Waals surface area contributed by atoms with Gasteiger partial charge in [-0.25, -0.2) is 23.7 Å². The van der Waals surface area contributed by atoms with Gasteiger partial charge in [-0.05, 0) is 56.0 Å². The Morgan fingerprint density at radius 1 is 1.22 bits per heavy atom. The molecule has 2 heterocycles. The Labute approximate surface area is 240 Å². The number of aliphatic hydroxyl groups excluding tert-OH is 1. The van der Waals surface area contributed by atoms with Gasteiger partial charge >= 0.3 is 0 Å². The monoisotopic (exact) mass is 581 g/mol. The van der Waals surface area contributed by atoms with Crippen LogP contribution in [0.3, 0.4) is 0 Å². The molecule has 1 amide bonds. The van der Waals surface area contributed by atoms with E-state index in [1.54, 1.807) is 13.1 Å². The number of nitrogens with one attached hydrogen (secondary N) is 1. The summed E-state index contributed by atoms with van der Waals surface area (Å²) in [4.78, 5) is 37.6. The Kier molecular flexibility index (Phi) is 11.9. The van der Waals surface area contributed by atoms with Crippen LogP contribution in [-0.4, -0.2) is 58.1 Å². The zero-order valence-corrected chi connectivity index (χ0v) is 23.5. The molecule has 1 atom stereocenters. The lowest BCUT2D eigenvalue weighted by atomic mass is 9.97. The number of aryl methyl sites for hydroxylation is 1. The van der Waals surface area contributed by atoms with Gasteiger partial charge in [-0.2, -0.15) is 0 Å². The summed E-state index contributed by atoms with van der Waals surface area (Å²) in [5.41, 5.74) is 3.49. The standard InChI is InChI=1S/C25H20F2N4O2S.C4H9NO2/c1-15-3-7-17(19(9-15)20-10-21(23(26)27)28-13-22(20)33-2)11-29-24-25(34-14-32)31-18(12-30-24)8-6-16-4-5-16;1-4(7)2-5-3-6/h3,7,9-14,16,23H,4-5H2,1-2H3;3-4,7H,2H2,1H3,(H,5,6). The number of aliphatic imine (C=N–C) groups is 1. The molecule has 1 aromatic carbocycles. The van der Waals surface area contributed by atoms with Gasteiger partial charge in [-0.3, -0.25) is 14.6 Å². The third-order valence-electron chi connectivity index (χ3n) is 5.52. The number of carbonyl (C=O) groups is 2. The van der Waals surface area contributed by atoms with E-state index in [9.17, 15) is 18.4 Å². The minimum absolute atomic E-state index is 0.260. The molecular formula is C29H29F2N5O4S. The Bertz CT molecular complexity index is 1450. The first kappa shape index (κ1) is 31.3. The maximum atomic E-state index is 13.3. The van der Waals surface area contributed by atoms with Crippen LogP contribution >= 0.6 is 11.8 Å². The van der Waals surface area contributed by atoms with E-state index in [2.05, 4.69) is 37.1 Å². The molecule has 1 fully saturated rings. The van der Waals surface area contributed by atoms with Crippen LogP contribution in [0.15, 0.2) is 46.7 Å². The van der Waals surface area contributed by atoms with Crippen LogP contribution < -0.4 is 10.1 Å². The summed E-state index contributed by atoms with van der Waals surface area (Å²) in [7, 11) is 1.46. The van der Waals surface area contributed by atoms with E-state index >= 15 is 0 Å². The first-order valence-electron chi connectivity index (χ1n) is 12.6. The van der Waals surface area contributed by atoms with Gasteiger partial charge in [0.05, 0.1) is 25.6 Å². The van der Waals surface area contributed by atoms with E-state index < -0.39 is 12.5 Å². The van der Waals surface area contributed by atoms with Crippen LogP contribution in [0.5, 0.6) is 5.75 Å². The van der Waals surface area contributed by atoms with Crippen molar-refractivity contribution in [2.75, 3.05) is 13.7 Å². The highest BCUT2D eigenvalue weighted by molar-refractivity contribution is 8.11. The fraction of sp³-hybridized carbons (Fsp3) is 0.310. The lowest BCUT2D eigenvalue weighted by Crippen LogP contribution is -2.22. The number of amides is 1. The fourth-order valence-electron chi connectivity index (χ4n) is 3.36. The molecule has 0 aliphatic heterocycles. The Balaban J connectivity index is 0.000000587. The SMILES string of the molecule is CC(O)CNC=O.COc1cnc(C(F)F)cc1-c1cc(C)ccc1C=Nc1ncc(C#CC2CC2)nc1SC=O. The number of carbonyl (C=O) groups excluding carboxylic acids is 2. The number of ether oxygens (including phenoxy) is 1. The number of aromatic nitrogens is 3. The number of thioether (sulfide) groups is 1. The predicted molar refractivity (Wildman–Crippen MR) is 153 cm³/mol. The summed E-state index contributed by atoms with van der Waals surface area (Å²) in [6.07, 6.45) is 3.96. The largest absolute Gasteiger partial charge is 0.494 e. The Morgan fingerprint density at radius 3 is 2.61 bits per heavy atom. The second-order valence-corrected chi connectivity index (χ2v) is 9.79. The summed E-state index contributed by atoms with van der Waals surface area (Å²) in [5, 5.41) is 11.1. The molecule has 0 saturated heterocycles. The number of hydrogen-bond donors (Lipinski definition) is 2. The van der Waals surface area contributed by atoms with Crippen molar-refractivity contribution in [3.63, 3.8) is 0 Å². The number of hydrogen-bond acceptors (Lipinski definition) is 9. The van der Waals surface area contributed by atoms with Gasteiger partial charge in [-0.1, -0.05) is 29.7 Å². The summed E-state index contributed by atoms with van der Waals surface area (Å²) >= 11 is 0.868. The Hall–Kier alpha value is -4.21. The van der Waals surface area contributed by atoms with E-state index in [0.29, 0.717) is 57.7 Å². The maximum absolute atomic E-state index is 13.3. The van der Waals surface area contributed by atoms with E-state index in [-0.39, 0.29) is 11.5 Å². The van der Waals surface area contributed by atoms with Crippen molar-refractivity contribution in [1.82, 2.24) is 20.3 Å². The van der Waals surface area contributed by atoms with Crippen molar-refractivity contribution in [3.8, 4) is 28.7 Å². The van der Waals surface area contributed by atoms with E-state index in [0.717, 1.165) is 30.2 Å². The first-order valence-corrected chi connectivity index (χ1v) is 13.4. The van der Waals surface area contributed by atoms with Crippen LogP contribution in [0, 0.1) is 24.7 Å². The summed E-state index contributed by atoms with van der Waals surface area (Å²) in [5.74, 6) is 7.13. The smallest absolute Gasteiger partial charge is 0.280 e. The molecule has 2 N–H and O–H groups in total. The van der Waals surface area contributed by atoms with E-state index in [1.165, 1.54) is 25.6 Å². The molecule has 0 radical (unpaired) electrons. The highest BCUT2D eigenvalue weighted by atomic mass is 32.2. The maximum Gasteiger partial charge on any atom is 0.280 e. The van der Waals surface area contributed by atoms with Crippen LogP contribution in [0.25, 0.3) is 11.1 Å². The molecule has 0 spiro atoms. The average Bonchev–Trinajstić information content (AvgIpc) is 3.79.